The van der Waals surface area contributed by atoms with Gasteiger partial charge in [0.05, 0.1) is 11.4 Å². The third-order valence-electron chi connectivity index (χ3n) is 3.28. The molecule has 0 aliphatic carbocycles. The number of amides is 3. The van der Waals surface area contributed by atoms with Crippen LogP contribution < -0.4 is 16.4 Å². The molecular weight excluding hydrogens is 272 g/mol. The number of hydrogen-bond acceptors (Lipinski definition) is 5. The zero-order valence-corrected chi connectivity index (χ0v) is 12.0. The van der Waals surface area contributed by atoms with Gasteiger partial charge in [0.15, 0.2) is 0 Å². The van der Waals surface area contributed by atoms with Crippen LogP contribution in [-0.4, -0.2) is 42.8 Å². The van der Waals surface area contributed by atoms with Gasteiger partial charge in [0.25, 0.3) is 5.91 Å². The number of carbonyl (C=O) groups excluding carboxylic acids is 3. The number of nitrogens with zero attached hydrogens (tertiary/aromatic N) is 1. The van der Waals surface area contributed by atoms with Crippen molar-refractivity contribution in [2.45, 2.75) is 18.9 Å². The molecule has 7 nitrogen and oxygen atoms in total. The van der Waals surface area contributed by atoms with E-state index in [1.807, 2.05) is 0 Å². The van der Waals surface area contributed by atoms with Crippen LogP contribution in [0.1, 0.15) is 23.2 Å². The molecule has 112 valence electrons. The van der Waals surface area contributed by atoms with E-state index in [1.165, 1.54) is 4.90 Å². The molecule has 1 saturated heterocycles. The fourth-order valence-corrected chi connectivity index (χ4v) is 2.09. The molecule has 1 aromatic rings. The van der Waals surface area contributed by atoms with Crippen molar-refractivity contribution in [1.29, 1.82) is 0 Å². The Hall–Kier alpha value is -2.57. The van der Waals surface area contributed by atoms with Crippen molar-refractivity contribution in [3.05, 3.63) is 23.8 Å². The van der Waals surface area contributed by atoms with Gasteiger partial charge in [-0.1, -0.05) is 0 Å². The molecule has 1 unspecified atom stereocenters. The maximum absolute atomic E-state index is 11.9. The average molecular weight is 290 g/mol. The van der Waals surface area contributed by atoms with Crippen LogP contribution in [0.2, 0.25) is 0 Å². The highest BCUT2D eigenvalue weighted by atomic mass is 16.2. The van der Waals surface area contributed by atoms with Crippen molar-refractivity contribution in [2.75, 3.05) is 25.1 Å². The second kappa shape index (κ2) is 5.82. The SMILES string of the molecule is CN(C)C(=O)c1ccc(N)c(NC2CCC(=O)NC2=O)c1. The van der Waals surface area contributed by atoms with Gasteiger partial charge < -0.3 is 16.0 Å². The molecule has 1 aromatic carbocycles. The van der Waals surface area contributed by atoms with Gasteiger partial charge in [-0.15, -0.1) is 0 Å². The van der Waals surface area contributed by atoms with E-state index < -0.39 is 6.04 Å². The first kappa shape index (κ1) is 14.8. The number of hydrogen-bond donors (Lipinski definition) is 3. The lowest BCUT2D eigenvalue weighted by Gasteiger charge is -2.24. The molecule has 2 rings (SSSR count). The average Bonchev–Trinajstić information content (AvgIpc) is 2.43. The lowest BCUT2D eigenvalue weighted by atomic mass is 10.0. The highest BCUT2D eigenvalue weighted by molar-refractivity contribution is 6.02. The fraction of sp³-hybridized carbons (Fsp3) is 0.357. The lowest BCUT2D eigenvalue weighted by molar-refractivity contribution is -0.133. The molecule has 1 aliphatic rings. The minimum atomic E-state index is -0.533. The summed E-state index contributed by atoms with van der Waals surface area (Å²) in [5.74, 6) is -0.807. The van der Waals surface area contributed by atoms with E-state index in [1.54, 1.807) is 32.3 Å². The number of nitrogens with one attached hydrogen (secondary N) is 2. The molecule has 3 amide bonds. The maximum atomic E-state index is 11.9. The standard InChI is InChI=1S/C14H18N4O3/c1-18(2)14(21)8-3-4-9(15)11(7-8)16-10-5-6-12(19)17-13(10)20/h3-4,7,10,16H,5-6,15H2,1-2H3,(H,17,19,20). The van der Waals surface area contributed by atoms with Crippen LogP contribution in [0, 0.1) is 0 Å². The van der Waals surface area contributed by atoms with Crippen molar-refractivity contribution in [3.8, 4) is 0 Å². The first-order chi connectivity index (χ1) is 9.88. The van der Waals surface area contributed by atoms with E-state index in [4.69, 9.17) is 5.73 Å². The molecule has 0 aromatic heterocycles. The first-order valence-corrected chi connectivity index (χ1v) is 6.60. The van der Waals surface area contributed by atoms with E-state index in [0.717, 1.165) is 0 Å². The number of rotatable bonds is 3. The quantitative estimate of drug-likeness (QED) is 0.544. The summed E-state index contributed by atoms with van der Waals surface area (Å²) >= 11 is 0. The predicted octanol–water partition coefficient (Wildman–Crippen LogP) is 0.188. The molecule has 0 bridgehead atoms. The first-order valence-electron chi connectivity index (χ1n) is 6.60. The van der Waals surface area contributed by atoms with Crippen LogP contribution in [0.15, 0.2) is 18.2 Å². The van der Waals surface area contributed by atoms with E-state index >= 15 is 0 Å². The molecule has 1 aliphatic heterocycles. The van der Waals surface area contributed by atoms with Crippen LogP contribution in [0.4, 0.5) is 11.4 Å². The van der Waals surface area contributed by atoms with Crippen LogP contribution >= 0.6 is 0 Å². The van der Waals surface area contributed by atoms with Gasteiger partial charge in [-0.25, -0.2) is 0 Å². The predicted molar refractivity (Wildman–Crippen MR) is 78.7 cm³/mol. The van der Waals surface area contributed by atoms with E-state index in [0.29, 0.717) is 23.4 Å². The monoisotopic (exact) mass is 290 g/mol. The van der Waals surface area contributed by atoms with Gasteiger partial charge >= 0.3 is 0 Å². The minimum Gasteiger partial charge on any atom is -0.397 e. The Labute approximate surface area is 122 Å². The number of carbonyl (C=O) groups is 3. The van der Waals surface area contributed by atoms with Crippen LogP contribution in [0.5, 0.6) is 0 Å². The van der Waals surface area contributed by atoms with E-state index in [9.17, 15) is 14.4 Å². The molecule has 1 atom stereocenters. The molecule has 0 spiro atoms. The highest BCUT2D eigenvalue weighted by Crippen LogP contribution is 2.23. The Morgan fingerprint density at radius 3 is 2.71 bits per heavy atom. The number of piperidine rings is 1. The van der Waals surface area contributed by atoms with Crippen molar-refractivity contribution in [1.82, 2.24) is 10.2 Å². The molecule has 0 radical (unpaired) electrons. The number of nitrogens with two attached hydrogens (primary N) is 1. The van der Waals surface area contributed by atoms with Gasteiger partial charge in [-0.05, 0) is 24.6 Å². The van der Waals surface area contributed by atoms with Gasteiger partial charge in [0.2, 0.25) is 11.8 Å². The third kappa shape index (κ3) is 3.31. The Morgan fingerprint density at radius 2 is 2.10 bits per heavy atom. The van der Waals surface area contributed by atoms with Crippen LogP contribution in [0.25, 0.3) is 0 Å². The van der Waals surface area contributed by atoms with Crippen LogP contribution in [-0.2, 0) is 9.59 Å². The minimum absolute atomic E-state index is 0.152. The molecule has 1 fully saturated rings. The highest BCUT2D eigenvalue weighted by Gasteiger charge is 2.27. The Balaban J connectivity index is 2.19. The summed E-state index contributed by atoms with van der Waals surface area (Å²) in [7, 11) is 3.32. The van der Waals surface area contributed by atoms with Crippen molar-refractivity contribution < 1.29 is 14.4 Å². The van der Waals surface area contributed by atoms with Crippen LogP contribution in [0.3, 0.4) is 0 Å². The van der Waals surface area contributed by atoms with E-state index in [2.05, 4.69) is 10.6 Å². The lowest BCUT2D eigenvalue weighted by Crippen LogP contribution is -2.47. The summed E-state index contributed by atoms with van der Waals surface area (Å²) in [4.78, 5) is 36.3. The van der Waals surface area contributed by atoms with Gasteiger partial charge in [0, 0.05) is 26.1 Å². The fourth-order valence-electron chi connectivity index (χ4n) is 2.09. The molecule has 21 heavy (non-hydrogen) atoms. The zero-order valence-electron chi connectivity index (χ0n) is 12.0. The van der Waals surface area contributed by atoms with Gasteiger partial charge in [-0.3, -0.25) is 19.7 Å². The summed E-state index contributed by atoms with van der Waals surface area (Å²) in [5.41, 5.74) is 7.30. The number of imide groups is 1. The second-order valence-corrected chi connectivity index (χ2v) is 5.15. The summed E-state index contributed by atoms with van der Waals surface area (Å²) in [5, 5.41) is 5.26. The summed E-state index contributed by atoms with van der Waals surface area (Å²) < 4.78 is 0. The number of anilines is 2. The summed E-state index contributed by atoms with van der Waals surface area (Å²) in [6.45, 7) is 0. The molecule has 0 saturated carbocycles. The topological polar surface area (TPSA) is 105 Å². The summed E-state index contributed by atoms with van der Waals surface area (Å²) in [6.07, 6.45) is 0.676. The number of benzene rings is 1. The van der Waals surface area contributed by atoms with Gasteiger partial charge in [0.1, 0.15) is 6.04 Å². The van der Waals surface area contributed by atoms with Crippen molar-refractivity contribution in [2.24, 2.45) is 0 Å². The normalized spacial score (nSPS) is 18.1. The van der Waals surface area contributed by atoms with E-state index in [-0.39, 0.29) is 24.1 Å². The Morgan fingerprint density at radius 1 is 1.38 bits per heavy atom. The smallest absolute Gasteiger partial charge is 0.253 e. The largest absolute Gasteiger partial charge is 0.397 e. The molecular formula is C14H18N4O3. The van der Waals surface area contributed by atoms with Crippen molar-refractivity contribution in [3.63, 3.8) is 0 Å². The van der Waals surface area contributed by atoms with Gasteiger partial charge in [-0.2, -0.15) is 0 Å². The summed E-state index contributed by atoms with van der Waals surface area (Å²) in [6, 6.07) is 4.33. The molecule has 4 N–H and O–H groups in total. The molecule has 7 heteroatoms. The van der Waals surface area contributed by atoms with Crippen molar-refractivity contribution >= 4 is 29.1 Å². The Bertz CT molecular complexity index is 598. The zero-order chi connectivity index (χ0) is 15.6. The molecule has 1 heterocycles. The third-order valence-corrected chi connectivity index (χ3v) is 3.28. The number of nitrogen functional groups attached to an aromatic ring is 1. The Kier molecular flexibility index (Phi) is 4.11. The second-order valence-electron chi connectivity index (χ2n) is 5.15. The maximum Gasteiger partial charge on any atom is 0.253 e.